The van der Waals surface area contributed by atoms with E-state index in [0.717, 1.165) is 18.5 Å². The van der Waals surface area contributed by atoms with E-state index in [1.807, 2.05) is 0 Å². The number of nitriles is 1. The molecule has 0 aliphatic heterocycles. The second-order valence-corrected chi connectivity index (χ2v) is 6.06. The van der Waals surface area contributed by atoms with Crippen molar-refractivity contribution in [1.29, 1.82) is 5.26 Å². The van der Waals surface area contributed by atoms with Crippen LogP contribution in [0.1, 0.15) is 11.1 Å². The topological polar surface area (TPSA) is 95.7 Å². The molecular formula is C12H8ClFN4O2S. The molecule has 0 fully saturated rings. The molecule has 1 aromatic heterocycles. The number of anilines is 1. The van der Waals surface area contributed by atoms with Crippen LogP contribution in [0.5, 0.6) is 0 Å². The lowest BCUT2D eigenvalue weighted by molar-refractivity contribution is 0.600. The molecule has 1 heterocycles. The van der Waals surface area contributed by atoms with Crippen LogP contribution in [-0.4, -0.2) is 18.4 Å². The Bertz CT molecular complexity index is 832. The molecule has 0 aliphatic carbocycles. The summed E-state index contributed by atoms with van der Waals surface area (Å²) in [6.07, 6.45) is 2.05. The number of hydrogen-bond acceptors (Lipinski definition) is 5. The number of hydrogen-bond donors (Lipinski definition) is 1. The monoisotopic (exact) mass is 326 g/mol. The van der Waals surface area contributed by atoms with Gasteiger partial charge in [-0.2, -0.15) is 5.26 Å². The number of nitrogens with one attached hydrogen (secondary N) is 1. The van der Waals surface area contributed by atoms with Crippen molar-refractivity contribution in [2.24, 2.45) is 0 Å². The minimum absolute atomic E-state index is 0.00292. The minimum Gasteiger partial charge on any atom is -0.279 e. The molecule has 108 valence electrons. The Morgan fingerprint density at radius 2 is 1.95 bits per heavy atom. The van der Waals surface area contributed by atoms with Crippen LogP contribution < -0.4 is 4.72 Å². The van der Waals surface area contributed by atoms with Gasteiger partial charge < -0.3 is 0 Å². The Hall–Kier alpha value is -2.24. The van der Waals surface area contributed by atoms with Crippen LogP contribution in [0.3, 0.4) is 0 Å². The van der Waals surface area contributed by atoms with Crippen LogP contribution in [0.25, 0.3) is 0 Å². The Balaban J connectivity index is 2.44. The maximum absolute atomic E-state index is 13.6. The fraction of sp³-hybridized carbons (Fsp3) is 0.0833. The quantitative estimate of drug-likeness (QED) is 0.873. The first-order valence-corrected chi connectivity index (χ1v) is 7.40. The summed E-state index contributed by atoms with van der Waals surface area (Å²) in [5.41, 5.74) is 0.0529. The van der Waals surface area contributed by atoms with E-state index < -0.39 is 15.8 Å². The van der Waals surface area contributed by atoms with Crippen LogP contribution >= 0.6 is 11.6 Å². The number of halogens is 2. The first kappa shape index (κ1) is 15.2. The third-order valence-corrected chi connectivity index (χ3v) is 4.14. The van der Waals surface area contributed by atoms with Gasteiger partial charge in [-0.05, 0) is 30.7 Å². The molecule has 0 unspecified atom stereocenters. The molecule has 0 spiro atoms. The van der Waals surface area contributed by atoms with E-state index in [1.165, 1.54) is 13.0 Å². The molecule has 0 saturated heterocycles. The molecule has 0 bridgehead atoms. The van der Waals surface area contributed by atoms with Gasteiger partial charge in [-0.15, -0.1) is 0 Å². The molecular weight excluding hydrogens is 319 g/mol. The van der Waals surface area contributed by atoms with Crippen molar-refractivity contribution in [2.75, 3.05) is 4.72 Å². The average Bonchev–Trinajstić information content (AvgIpc) is 2.43. The van der Waals surface area contributed by atoms with Crippen molar-refractivity contribution in [2.45, 2.75) is 11.8 Å². The van der Waals surface area contributed by atoms with Crippen molar-refractivity contribution >= 4 is 27.3 Å². The fourth-order valence-corrected chi connectivity index (χ4v) is 2.59. The maximum Gasteiger partial charge on any atom is 0.264 e. The zero-order chi connectivity index (χ0) is 15.6. The summed E-state index contributed by atoms with van der Waals surface area (Å²) in [6.45, 7) is 1.40. The van der Waals surface area contributed by atoms with Crippen LogP contribution in [0, 0.1) is 24.1 Å². The predicted octanol–water partition coefficient (Wildman–Crippen LogP) is 2.25. The van der Waals surface area contributed by atoms with Crippen molar-refractivity contribution in [3.8, 4) is 6.07 Å². The van der Waals surface area contributed by atoms with Crippen LogP contribution in [0.2, 0.25) is 5.28 Å². The summed E-state index contributed by atoms with van der Waals surface area (Å²) in [6, 6.07) is 4.02. The van der Waals surface area contributed by atoms with Gasteiger partial charge >= 0.3 is 0 Å². The third-order valence-electron chi connectivity index (χ3n) is 2.62. The minimum atomic E-state index is -4.00. The van der Waals surface area contributed by atoms with Gasteiger partial charge in [0.25, 0.3) is 10.0 Å². The van der Waals surface area contributed by atoms with Gasteiger partial charge in [0.1, 0.15) is 10.7 Å². The molecule has 0 saturated carbocycles. The van der Waals surface area contributed by atoms with Gasteiger partial charge in [0.05, 0.1) is 29.7 Å². The third kappa shape index (κ3) is 3.26. The van der Waals surface area contributed by atoms with E-state index in [2.05, 4.69) is 14.7 Å². The highest BCUT2D eigenvalue weighted by atomic mass is 35.5. The van der Waals surface area contributed by atoms with Crippen molar-refractivity contribution in [3.63, 3.8) is 0 Å². The van der Waals surface area contributed by atoms with E-state index in [1.54, 1.807) is 6.07 Å². The Kier molecular flexibility index (Phi) is 4.06. The highest BCUT2D eigenvalue weighted by Crippen LogP contribution is 2.23. The molecule has 2 aromatic rings. The smallest absolute Gasteiger partial charge is 0.264 e. The summed E-state index contributed by atoms with van der Waals surface area (Å²) < 4.78 is 40.1. The second-order valence-electron chi connectivity index (χ2n) is 4.04. The summed E-state index contributed by atoms with van der Waals surface area (Å²) in [7, 11) is -4.00. The van der Waals surface area contributed by atoms with Gasteiger partial charge in [0, 0.05) is 5.56 Å². The molecule has 9 heteroatoms. The summed E-state index contributed by atoms with van der Waals surface area (Å²) in [5.74, 6) is -0.681. The van der Waals surface area contributed by atoms with Gasteiger partial charge in [0.15, 0.2) is 0 Å². The average molecular weight is 327 g/mol. The SMILES string of the molecule is Cc1c(F)cc(C#N)cc1NS(=O)(=O)c1cnc(Cl)nc1. The lowest BCUT2D eigenvalue weighted by Gasteiger charge is -2.11. The lowest BCUT2D eigenvalue weighted by atomic mass is 10.1. The number of nitrogens with zero attached hydrogens (tertiary/aromatic N) is 3. The number of sulfonamides is 1. The van der Waals surface area contributed by atoms with E-state index in [4.69, 9.17) is 16.9 Å². The molecule has 21 heavy (non-hydrogen) atoms. The largest absolute Gasteiger partial charge is 0.279 e. The molecule has 1 aromatic carbocycles. The zero-order valence-electron chi connectivity index (χ0n) is 10.6. The molecule has 2 rings (SSSR count). The van der Waals surface area contributed by atoms with Crippen LogP contribution in [0.15, 0.2) is 29.4 Å². The first-order chi connectivity index (χ1) is 9.83. The molecule has 6 nitrogen and oxygen atoms in total. The van der Waals surface area contributed by atoms with Crippen LogP contribution in [-0.2, 0) is 10.0 Å². The fourth-order valence-electron chi connectivity index (χ4n) is 1.49. The van der Waals surface area contributed by atoms with E-state index in [0.29, 0.717) is 0 Å². The maximum atomic E-state index is 13.6. The van der Waals surface area contributed by atoms with Gasteiger partial charge in [0.2, 0.25) is 5.28 Å². The highest BCUT2D eigenvalue weighted by molar-refractivity contribution is 7.92. The first-order valence-electron chi connectivity index (χ1n) is 5.54. The Morgan fingerprint density at radius 1 is 1.33 bits per heavy atom. The number of benzene rings is 1. The molecule has 0 radical (unpaired) electrons. The number of aromatic nitrogens is 2. The van der Waals surface area contributed by atoms with E-state index >= 15 is 0 Å². The van der Waals surface area contributed by atoms with Crippen LogP contribution in [0.4, 0.5) is 10.1 Å². The van der Waals surface area contributed by atoms with Crippen molar-refractivity contribution in [3.05, 3.63) is 46.8 Å². The number of rotatable bonds is 3. The Labute approximate surface area is 125 Å². The summed E-state index contributed by atoms with van der Waals surface area (Å²) >= 11 is 5.48. The molecule has 1 N–H and O–H groups in total. The van der Waals surface area contributed by atoms with Gasteiger partial charge in [-0.25, -0.2) is 22.8 Å². The highest BCUT2D eigenvalue weighted by Gasteiger charge is 2.18. The Morgan fingerprint density at radius 3 is 2.52 bits per heavy atom. The predicted molar refractivity (Wildman–Crippen MR) is 73.7 cm³/mol. The molecule has 0 amide bonds. The normalized spacial score (nSPS) is 11.0. The van der Waals surface area contributed by atoms with Crippen molar-refractivity contribution in [1.82, 2.24) is 9.97 Å². The zero-order valence-corrected chi connectivity index (χ0v) is 12.2. The summed E-state index contributed by atoms with van der Waals surface area (Å²) in [4.78, 5) is 6.91. The second kappa shape index (κ2) is 5.63. The van der Waals surface area contributed by atoms with Gasteiger partial charge in [-0.3, -0.25) is 4.72 Å². The van der Waals surface area contributed by atoms with E-state index in [9.17, 15) is 12.8 Å². The molecule has 0 aliphatic rings. The summed E-state index contributed by atoms with van der Waals surface area (Å²) in [5, 5.41) is 8.70. The van der Waals surface area contributed by atoms with Crippen molar-refractivity contribution < 1.29 is 12.8 Å². The van der Waals surface area contributed by atoms with Gasteiger partial charge in [-0.1, -0.05) is 0 Å². The lowest BCUT2D eigenvalue weighted by Crippen LogP contribution is -2.15. The van der Waals surface area contributed by atoms with E-state index in [-0.39, 0.29) is 27.0 Å². The standard InChI is InChI=1S/C12H8ClFN4O2S/c1-7-10(14)2-8(4-15)3-11(7)18-21(19,20)9-5-16-12(13)17-6-9/h2-3,5-6,18H,1H3. The molecule has 0 atom stereocenters.